The Labute approximate surface area is 112 Å². The van der Waals surface area contributed by atoms with Crippen LogP contribution >= 0.6 is 0 Å². The highest BCUT2D eigenvalue weighted by Crippen LogP contribution is 2.37. The molecular weight excluding hydrogens is 264 g/mol. The van der Waals surface area contributed by atoms with E-state index in [9.17, 15) is 8.42 Å². The molecule has 102 valence electrons. The maximum absolute atomic E-state index is 11.7. The van der Waals surface area contributed by atoms with Crippen molar-refractivity contribution in [1.82, 2.24) is 5.16 Å². The fourth-order valence-electron chi connectivity index (χ4n) is 1.92. The first kappa shape index (κ1) is 13.6. The lowest BCUT2D eigenvalue weighted by Gasteiger charge is -2.10. The van der Waals surface area contributed by atoms with E-state index in [1.54, 1.807) is 6.92 Å². The van der Waals surface area contributed by atoms with Crippen LogP contribution in [0.3, 0.4) is 0 Å². The first-order valence-electron chi connectivity index (χ1n) is 5.82. The van der Waals surface area contributed by atoms with E-state index in [2.05, 4.69) is 5.16 Å². The standard InChI is InChI=1S/C13H16N2O3S/c1-8-6-4-5-7-10(8)11-12(15-18-13(11)14)9(2)19(3,16)17/h4-7,9H,14H2,1-3H3. The van der Waals surface area contributed by atoms with Gasteiger partial charge in [-0.2, -0.15) is 0 Å². The minimum absolute atomic E-state index is 0.139. The van der Waals surface area contributed by atoms with Crippen molar-refractivity contribution in [3.05, 3.63) is 35.5 Å². The van der Waals surface area contributed by atoms with Gasteiger partial charge in [0.1, 0.15) is 10.9 Å². The predicted molar refractivity (Wildman–Crippen MR) is 74.3 cm³/mol. The SMILES string of the molecule is Cc1ccccc1-c1c(C(C)S(C)(=O)=O)noc1N. The number of aromatic nitrogens is 1. The molecule has 0 spiro atoms. The van der Waals surface area contributed by atoms with Gasteiger partial charge < -0.3 is 10.3 Å². The molecule has 0 fully saturated rings. The van der Waals surface area contributed by atoms with Crippen LogP contribution < -0.4 is 5.73 Å². The number of nitrogens with two attached hydrogens (primary N) is 1. The van der Waals surface area contributed by atoms with E-state index in [0.717, 1.165) is 11.1 Å². The summed E-state index contributed by atoms with van der Waals surface area (Å²) in [5.41, 5.74) is 8.55. The van der Waals surface area contributed by atoms with Crippen LogP contribution in [0.15, 0.2) is 28.8 Å². The van der Waals surface area contributed by atoms with Crippen molar-refractivity contribution in [2.24, 2.45) is 0 Å². The fourth-order valence-corrected chi connectivity index (χ4v) is 2.49. The van der Waals surface area contributed by atoms with Crippen LogP contribution in [0, 0.1) is 6.92 Å². The van der Waals surface area contributed by atoms with Crippen molar-refractivity contribution in [2.75, 3.05) is 12.0 Å². The second-order valence-corrected chi connectivity index (χ2v) is 6.96. The first-order chi connectivity index (χ1) is 8.82. The Balaban J connectivity index is 2.66. The number of anilines is 1. The lowest BCUT2D eigenvalue weighted by molar-refractivity contribution is 0.427. The van der Waals surface area contributed by atoms with Crippen LogP contribution in [-0.4, -0.2) is 19.8 Å². The number of sulfone groups is 1. The molecule has 6 heteroatoms. The van der Waals surface area contributed by atoms with Crippen LogP contribution in [0.4, 0.5) is 5.88 Å². The number of hydrogen-bond donors (Lipinski definition) is 1. The van der Waals surface area contributed by atoms with Gasteiger partial charge in [0, 0.05) is 6.26 Å². The molecule has 2 N–H and O–H groups in total. The number of benzene rings is 1. The lowest BCUT2D eigenvalue weighted by Crippen LogP contribution is -2.09. The summed E-state index contributed by atoms with van der Waals surface area (Å²) >= 11 is 0. The minimum atomic E-state index is -3.26. The zero-order valence-electron chi connectivity index (χ0n) is 11.0. The zero-order valence-corrected chi connectivity index (χ0v) is 11.9. The molecule has 0 bridgehead atoms. The molecule has 1 aromatic carbocycles. The highest BCUT2D eigenvalue weighted by molar-refractivity contribution is 7.90. The summed E-state index contributed by atoms with van der Waals surface area (Å²) in [6.07, 6.45) is 1.17. The second kappa shape index (κ2) is 4.70. The third-order valence-electron chi connectivity index (χ3n) is 3.19. The zero-order chi connectivity index (χ0) is 14.2. The summed E-state index contributed by atoms with van der Waals surface area (Å²) in [5, 5.41) is 3.06. The number of hydrogen-bond acceptors (Lipinski definition) is 5. The van der Waals surface area contributed by atoms with Crippen molar-refractivity contribution in [3.8, 4) is 11.1 Å². The smallest absolute Gasteiger partial charge is 0.230 e. The van der Waals surface area contributed by atoms with Gasteiger partial charge in [-0.25, -0.2) is 8.42 Å². The van der Waals surface area contributed by atoms with Crippen LogP contribution in [0.5, 0.6) is 0 Å². The van der Waals surface area contributed by atoms with Crippen LogP contribution in [0.25, 0.3) is 11.1 Å². The molecule has 19 heavy (non-hydrogen) atoms. The topological polar surface area (TPSA) is 86.2 Å². The van der Waals surface area contributed by atoms with Gasteiger partial charge >= 0.3 is 0 Å². The van der Waals surface area contributed by atoms with Gasteiger partial charge in [0.05, 0.1) is 5.56 Å². The van der Waals surface area contributed by atoms with Gasteiger partial charge in [-0.3, -0.25) is 0 Å². The largest absolute Gasteiger partial charge is 0.367 e. The first-order valence-corrected chi connectivity index (χ1v) is 7.77. The lowest BCUT2D eigenvalue weighted by atomic mass is 9.99. The highest BCUT2D eigenvalue weighted by atomic mass is 32.2. The molecular formula is C13H16N2O3S. The molecule has 1 unspecified atom stereocenters. The van der Waals surface area contributed by atoms with Gasteiger partial charge in [0.25, 0.3) is 0 Å². The number of rotatable bonds is 3. The van der Waals surface area contributed by atoms with Crippen LogP contribution in [0.1, 0.15) is 23.4 Å². The molecule has 0 aliphatic rings. The Morgan fingerprint density at radius 2 is 1.95 bits per heavy atom. The van der Waals surface area contributed by atoms with Gasteiger partial charge in [0.15, 0.2) is 9.84 Å². The molecule has 0 aliphatic heterocycles. The molecule has 0 saturated heterocycles. The summed E-state index contributed by atoms with van der Waals surface area (Å²) in [7, 11) is -3.26. The normalized spacial score (nSPS) is 13.4. The third-order valence-corrected chi connectivity index (χ3v) is 4.69. The van der Waals surface area contributed by atoms with E-state index in [0.29, 0.717) is 11.3 Å². The summed E-state index contributed by atoms with van der Waals surface area (Å²) in [4.78, 5) is 0. The molecule has 1 aromatic heterocycles. The second-order valence-electron chi connectivity index (χ2n) is 4.59. The van der Waals surface area contributed by atoms with E-state index in [1.807, 2.05) is 31.2 Å². The Bertz CT molecular complexity index is 704. The summed E-state index contributed by atoms with van der Waals surface area (Å²) in [6.45, 7) is 3.51. The fraction of sp³-hybridized carbons (Fsp3) is 0.308. The van der Waals surface area contributed by atoms with Gasteiger partial charge in [-0.1, -0.05) is 29.4 Å². The van der Waals surface area contributed by atoms with Crippen molar-refractivity contribution < 1.29 is 12.9 Å². The van der Waals surface area contributed by atoms with Gasteiger partial charge in [0.2, 0.25) is 5.88 Å². The maximum Gasteiger partial charge on any atom is 0.230 e. The van der Waals surface area contributed by atoms with Gasteiger partial charge in [-0.15, -0.1) is 0 Å². The van der Waals surface area contributed by atoms with Crippen molar-refractivity contribution in [2.45, 2.75) is 19.1 Å². The van der Waals surface area contributed by atoms with E-state index < -0.39 is 15.1 Å². The summed E-state index contributed by atoms with van der Waals surface area (Å²) in [6, 6.07) is 7.57. The van der Waals surface area contributed by atoms with Crippen molar-refractivity contribution in [3.63, 3.8) is 0 Å². The van der Waals surface area contributed by atoms with Crippen LogP contribution in [0.2, 0.25) is 0 Å². The predicted octanol–water partition coefficient (Wildman–Crippen LogP) is 2.34. The number of nitrogens with zero attached hydrogens (tertiary/aromatic N) is 1. The van der Waals surface area contributed by atoms with Crippen molar-refractivity contribution >= 4 is 15.7 Å². The highest BCUT2D eigenvalue weighted by Gasteiger charge is 2.27. The third kappa shape index (κ3) is 2.49. The maximum atomic E-state index is 11.7. The molecule has 1 heterocycles. The van der Waals surface area contributed by atoms with Crippen molar-refractivity contribution in [1.29, 1.82) is 0 Å². The van der Waals surface area contributed by atoms with Crippen LogP contribution in [-0.2, 0) is 9.84 Å². The number of aryl methyl sites for hydroxylation is 1. The Morgan fingerprint density at radius 1 is 1.32 bits per heavy atom. The number of nitrogen functional groups attached to an aromatic ring is 1. The van der Waals surface area contributed by atoms with E-state index in [-0.39, 0.29) is 5.88 Å². The minimum Gasteiger partial charge on any atom is -0.367 e. The average Bonchev–Trinajstić information content (AvgIpc) is 2.69. The van der Waals surface area contributed by atoms with E-state index in [4.69, 9.17) is 10.3 Å². The van der Waals surface area contributed by atoms with E-state index >= 15 is 0 Å². The monoisotopic (exact) mass is 280 g/mol. The molecule has 0 aliphatic carbocycles. The Morgan fingerprint density at radius 3 is 2.53 bits per heavy atom. The summed E-state index contributed by atoms with van der Waals surface area (Å²) in [5.74, 6) is 0.139. The van der Waals surface area contributed by atoms with Gasteiger partial charge in [-0.05, 0) is 25.0 Å². The molecule has 2 aromatic rings. The Hall–Kier alpha value is -1.82. The molecule has 1 atom stereocenters. The molecule has 0 radical (unpaired) electrons. The molecule has 2 rings (SSSR count). The molecule has 5 nitrogen and oxygen atoms in total. The summed E-state index contributed by atoms with van der Waals surface area (Å²) < 4.78 is 28.4. The van der Waals surface area contributed by atoms with E-state index in [1.165, 1.54) is 6.26 Å². The Kier molecular flexibility index (Phi) is 3.36. The quantitative estimate of drug-likeness (QED) is 0.932. The molecule has 0 saturated carbocycles. The molecule has 0 amide bonds. The average molecular weight is 280 g/mol.